The van der Waals surface area contributed by atoms with Crippen LogP contribution in [0.25, 0.3) is 10.9 Å². The fourth-order valence-corrected chi connectivity index (χ4v) is 8.19. The first-order chi connectivity index (χ1) is 26.3. The molecule has 54 heavy (non-hydrogen) atoms. The van der Waals surface area contributed by atoms with Gasteiger partial charge in [0.15, 0.2) is 5.54 Å². The van der Waals surface area contributed by atoms with E-state index in [1.54, 1.807) is 36.4 Å². The number of hydrogen-bond acceptors (Lipinski definition) is 9. The first-order valence-electron chi connectivity index (χ1n) is 18.6. The predicted octanol–water partition coefficient (Wildman–Crippen LogP) is 4.84. The van der Waals surface area contributed by atoms with Crippen molar-refractivity contribution in [3.8, 4) is 11.5 Å². The molecule has 1 aliphatic carbocycles. The Kier molecular flexibility index (Phi) is 9.93. The van der Waals surface area contributed by atoms with Gasteiger partial charge in [0.25, 0.3) is 5.91 Å². The number of aliphatic hydroxyl groups is 1. The van der Waals surface area contributed by atoms with Crippen molar-refractivity contribution in [2.75, 3.05) is 26.2 Å². The molecule has 5 N–H and O–H groups in total. The Labute approximate surface area is 312 Å². The molecule has 0 radical (unpaired) electrons. The summed E-state index contributed by atoms with van der Waals surface area (Å²) in [5, 5.41) is 27.9. The Morgan fingerprint density at radius 2 is 1.69 bits per heavy atom. The van der Waals surface area contributed by atoms with Crippen LogP contribution in [-0.4, -0.2) is 64.3 Å². The lowest BCUT2D eigenvalue weighted by atomic mass is 9.85. The van der Waals surface area contributed by atoms with Crippen molar-refractivity contribution in [2.24, 2.45) is 5.92 Å². The quantitative estimate of drug-likeness (QED) is 0.114. The molecular weight excluding hydrogens is 684 g/mol. The van der Waals surface area contributed by atoms with Gasteiger partial charge in [-0.1, -0.05) is 54.6 Å². The number of nitrogens with one attached hydrogen (secondary N) is 3. The highest BCUT2D eigenvalue weighted by molar-refractivity contribution is 5.99. The Balaban J connectivity index is 0.850. The van der Waals surface area contributed by atoms with Crippen molar-refractivity contribution < 1.29 is 29.3 Å². The zero-order chi connectivity index (χ0) is 37.2. The Morgan fingerprint density at radius 3 is 2.44 bits per heavy atom. The van der Waals surface area contributed by atoms with E-state index in [4.69, 9.17) is 9.47 Å². The number of carbonyl (C=O) groups is 2. The van der Waals surface area contributed by atoms with E-state index in [0.29, 0.717) is 59.7 Å². The number of aromatic amines is 1. The molecule has 11 nitrogen and oxygen atoms in total. The van der Waals surface area contributed by atoms with E-state index in [1.807, 2.05) is 48.5 Å². The van der Waals surface area contributed by atoms with E-state index in [1.165, 1.54) is 12.1 Å². The van der Waals surface area contributed by atoms with Gasteiger partial charge in [-0.15, -0.1) is 0 Å². The van der Waals surface area contributed by atoms with E-state index in [-0.39, 0.29) is 35.8 Å². The van der Waals surface area contributed by atoms with Gasteiger partial charge in [0.1, 0.15) is 24.2 Å². The minimum absolute atomic E-state index is 0.0472. The summed E-state index contributed by atoms with van der Waals surface area (Å²) in [6.07, 6.45) is 2.21. The number of ether oxygens (including phenoxy) is 2. The van der Waals surface area contributed by atoms with Gasteiger partial charge in [0.2, 0.25) is 5.56 Å². The monoisotopic (exact) mass is 728 g/mol. The molecule has 3 fully saturated rings. The maximum Gasteiger partial charge on any atom is 0.336 e. The summed E-state index contributed by atoms with van der Waals surface area (Å²) in [6.45, 7) is 3.99. The topological polar surface area (TPSA) is 153 Å². The van der Waals surface area contributed by atoms with E-state index in [9.17, 15) is 24.6 Å². The molecular formula is C43H44N4O7. The summed E-state index contributed by atoms with van der Waals surface area (Å²) in [5.41, 5.74) is 3.63. The molecule has 3 atom stereocenters. The van der Waals surface area contributed by atoms with Gasteiger partial charge >= 0.3 is 5.97 Å². The second-order valence-corrected chi connectivity index (χ2v) is 14.7. The summed E-state index contributed by atoms with van der Waals surface area (Å²) in [5.74, 6) is 0.218. The number of aromatic hydroxyl groups is 1. The summed E-state index contributed by atoms with van der Waals surface area (Å²) in [4.78, 5) is 44.4. The molecule has 1 amide bonds. The van der Waals surface area contributed by atoms with Crippen LogP contribution in [0, 0.1) is 5.92 Å². The van der Waals surface area contributed by atoms with Gasteiger partial charge < -0.3 is 35.3 Å². The molecule has 0 saturated carbocycles. The molecule has 9 rings (SSSR count). The Bertz CT molecular complexity index is 2210. The Morgan fingerprint density at radius 1 is 0.926 bits per heavy atom. The average Bonchev–Trinajstić information content (AvgIpc) is 3.57. The van der Waals surface area contributed by atoms with Crippen LogP contribution >= 0.6 is 0 Å². The molecule has 4 aromatic carbocycles. The lowest BCUT2D eigenvalue weighted by molar-refractivity contribution is -0.167. The van der Waals surface area contributed by atoms with Crippen LogP contribution in [0.3, 0.4) is 0 Å². The molecule has 5 aromatic rings. The number of phenols is 1. The van der Waals surface area contributed by atoms with Crippen LogP contribution in [0.5, 0.6) is 11.5 Å². The number of hydrogen-bond donors (Lipinski definition) is 5. The summed E-state index contributed by atoms with van der Waals surface area (Å²) in [6, 6.07) is 28.8. The molecule has 11 heteroatoms. The van der Waals surface area contributed by atoms with E-state index in [0.717, 1.165) is 54.7 Å². The van der Waals surface area contributed by atoms with Crippen LogP contribution in [0.2, 0.25) is 0 Å². The number of H-pyrrole nitrogens is 1. The highest BCUT2D eigenvalue weighted by Crippen LogP contribution is 2.40. The summed E-state index contributed by atoms with van der Waals surface area (Å²) >= 11 is 0. The van der Waals surface area contributed by atoms with Crippen molar-refractivity contribution in [1.29, 1.82) is 0 Å². The largest absolute Gasteiger partial charge is 0.506 e. The molecule has 278 valence electrons. The third-order valence-corrected chi connectivity index (χ3v) is 11.3. The molecule has 4 aliphatic rings. The summed E-state index contributed by atoms with van der Waals surface area (Å²) < 4.78 is 12.3. The predicted molar refractivity (Wildman–Crippen MR) is 203 cm³/mol. The Hall–Kier alpha value is -5.49. The number of esters is 1. The van der Waals surface area contributed by atoms with E-state index >= 15 is 0 Å². The van der Waals surface area contributed by atoms with Gasteiger partial charge in [-0.3, -0.25) is 14.5 Å². The zero-order valence-corrected chi connectivity index (χ0v) is 29.9. The van der Waals surface area contributed by atoms with Crippen molar-refractivity contribution >= 4 is 22.8 Å². The van der Waals surface area contributed by atoms with Gasteiger partial charge in [-0.25, -0.2) is 4.79 Å². The van der Waals surface area contributed by atoms with Gasteiger partial charge in [-0.2, -0.15) is 0 Å². The standard InChI is InChI=1S/C43H44N4O7/c48-36-15-13-33(34-14-16-39(50)45-40(34)36)37(49)24-44-23-27-5-7-28(8-6-27)26-53-32-11-9-31(10-12-32)41(51)46-43(20-17-29-3-1-2-4-35(29)43)42(52)54-38-25-47-21-18-30(38)19-22-47/h1-16,30,37-38,44,48-49H,17-26H2,(H,45,50)(H,46,51)/t37-,38?,43?/m0/s1. The smallest absolute Gasteiger partial charge is 0.336 e. The van der Waals surface area contributed by atoms with Crippen molar-refractivity contribution in [2.45, 2.75) is 56.6 Å². The third kappa shape index (κ3) is 7.22. The number of aromatic nitrogens is 1. The number of piperidine rings is 3. The number of phenolic OH excluding ortho intramolecular Hbond substituents is 1. The first-order valence-corrected chi connectivity index (χ1v) is 18.6. The highest BCUT2D eigenvalue weighted by atomic mass is 16.5. The minimum atomic E-state index is -1.24. The molecule has 2 bridgehead atoms. The van der Waals surface area contributed by atoms with Crippen molar-refractivity contribution in [1.82, 2.24) is 20.5 Å². The lowest BCUT2D eigenvalue weighted by Gasteiger charge is -2.45. The third-order valence-electron chi connectivity index (χ3n) is 11.3. The fraction of sp³-hybridized carbons (Fsp3) is 0.326. The number of aliphatic hydroxyl groups excluding tert-OH is 1. The number of aryl methyl sites for hydroxylation is 1. The van der Waals surface area contributed by atoms with Crippen LogP contribution in [0.4, 0.5) is 0 Å². The number of carbonyl (C=O) groups excluding carboxylic acids is 2. The van der Waals surface area contributed by atoms with Crippen LogP contribution < -0.4 is 20.9 Å². The SMILES string of the molecule is O=C(NC1(C(=O)OC2CN3CCC2CC3)CCc2ccccc21)c1ccc(OCc2ccc(CNC[C@H](O)c3ccc(O)c4[nH]c(=O)ccc34)cc2)cc1. The molecule has 0 spiro atoms. The van der Waals surface area contributed by atoms with E-state index < -0.39 is 11.6 Å². The number of pyridine rings is 1. The number of benzene rings is 4. The maximum atomic E-state index is 14.0. The molecule has 2 unspecified atom stereocenters. The molecule has 3 aliphatic heterocycles. The summed E-state index contributed by atoms with van der Waals surface area (Å²) in [7, 11) is 0. The number of rotatable bonds is 12. The normalized spacial score (nSPS) is 22.1. The first kappa shape index (κ1) is 35.5. The van der Waals surface area contributed by atoms with Crippen LogP contribution in [0.1, 0.15) is 63.5 Å². The minimum Gasteiger partial charge on any atom is -0.506 e. The second-order valence-electron chi connectivity index (χ2n) is 14.7. The molecule has 3 saturated heterocycles. The van der Waals surface area contributed by atoms with Gasteiger partial charge in [0.05, 0.1) is 11.6 Å². The van der Waals surface area contributed by atoms with Crippen LogP contribution in [0.15, 0.2) is 102 Å². The van der Waals surface area contributed by atoms with Crippen molar-refractivity contribution in [3.05, 3.63) is 141 Å². The van der Waals surface area contributed by atoms with Crippen LogP contribution in [-0.2, 0) is 34.6 Å². The number of amides is 1. The average molecular weight is 729 g/mol. The van der Waals surface area contributed by atoms with E-state index in [2.05, 4.69) is 20.5 Å². The molecule has 4 heterocycles. The number of fused-ring (bicyclic) bond motifs is 5. The van der Waals surface area contributed by atoms with Crippen molar-refractivity contribution in [3.63, 3.8) is 0 Å². The maximum absolute atomic E-state index is 14.0. The molecule has 1 aromatic heterocycles. The second kappa shape index (κ2) is 15.1. The van der Waals surface area contributed by atoms with Gasteiger partial charge in [0, 0.05) is 36.7 Å². The highest BCUT2D eigenvalue weighted by Gasteiger charge is 2.50. The van der Waals surface area contributed by atoms with Gasteiger partial charge in [-0.05, 0) is 109 Å². The zero-order valence-electron chi connectivity index (χ0n) is 29.9. The lowest BCUT2D eigenvalue weighted by Crippen LogP contribution is -2.56. The number of nitrogens with zero attached hydrogens (tertiary/aromatic N) is 1. The fourth-order valence-electron chi connectivity index (χ4n) is 8.19.